The van der Waals surface area contributed by atoms with Crippen LogP contribution >= 0.6 is 27.5 Å². The van der Waals surface area contributed by atoms with Gasteiger partial charge in [-0.25, -0.2) is 4.79 Å². The minimum Gasteiger partial charge on any atom is -0.488 e. The zero-order valence-corrected chi connectivity index (χ0v) is 20.5. The third kappa shape index (κ3) is 6.70. The van der Waals surface area contributed by atoms with Crippen LogP contribution in [-0.2, 0) is 16.1 Å². The van der Waals surface area contributed by atoms with Gasteiger partial charge in [0.2, 0.25) is 0 Å². The Balaban J connectivity index is 1.78. The molecule has 3 aromatic carbocycles. The van der Waals surface area contributed by atoms with E-state index in [0.29, 0.717) is 27.6 Å². The van der Waals surface area contributed by atoms with E-state index in [9.17, 15) is 14.9 Å². The van der Waals surface area contributed by atoms with Crippen molar-refractivity contribution in [1.82, 2.24) is 0 Å². The van der Waals surface area contributed by atoms with Crippen molar-refractivity contribution in [3.63, 3.8) is 0 Å². The van der Waals surface area contributed by atoms with E-state index in [1.54, 1.807) is 55.5 Å². The lowest BCUT2D eigenvalue weighted by atomic mass is 10.1. The van der Waals surface area contributed by atoms with Gasteiger partial charge in [-0.15, -0.1) is 0 Å². The van der Waals surface area contributed by atoms with E-state index in [1.807, 2.05) is 24.3 Å². The highest BCUT2D eigenvalue weighted by Crippen LogP contribution is 2.27. The maximum absolute atomic E-state index is 12.7. The Bertz CT molecular complexity index is 1270. The Labute approximate surface area is 210 Å². The summed E-state index contributed by atoms with van der Waals surface area (Å²) in [5, 5.41) is 12.9. The van der Waals surface area contributed by atoms with Crippen LogP contribution in [0.15, 0.2) is 76.8 Å². The molecule has 6 nitrogen and oxygen atoms in total. The molecule has 0 atom stereocenters. The second kappa shape index (κ2) is 12.0. The van der Waals surface area contributed by atoms with E-state index in [2.05, 4.69) is 21.2 Å². The number of nitrogens with one attached hydrogen (secondary N) is 1. The van der Waals surface area contributed by atoms with Gasteiger partial charge >= 0.3 is 5.97 Å². The van der Waals surface area contributed by atoms with Crippen LogP contribution in [0.3, 0.4) is 0 Å². The van der Waals surface area contributed by atoms with Crippen molar-refractivity contribution < 1.29 is 19.1 Å². The highest BCUT2D eigenvalue weighted by molar-refractivity contribution is 9.10. The maximum atomic E-state index is 12.7. The van der Waals surface area contributed by atoms with Gasteiger partial charge in [-0.1, -0.05) is 45.7 Å². The predicted octanol–water partition coefficient (Wildman–Crippen LogP) is 6.40. The molecule has 34 heavy (non-hydrogen) atoms. The van der Waals surface area contributed by atoms with Gasteiger partial charge in [0.25, 0.3) is 5.91 Å². The first kappa shape index (κ1) is 25.0. The summed E-state index contributed by atoms with van der Waals surface area (Å²) in [6.45, 7) is 2.22. The fourth-order valence-electron chi connectivity index (χ4n) is 2.94. The van der Waals surface area contributed by atoms with Crippen molar-refractivity contribution in [2.45, 2.75) is 13.5 Å². The summed E-state index contributed by atoms with van der Waals surface area (Å²) in [7, 11) is 0. The van der Waals surface area contributed by atoms with Gasteiger partial charge in [0.05, 0.1) is 12.2 Å². The molecule has 0 aliphatic rings. The summed E-state index contributed by atoms with van der Waals surface area (Å²) in [6, 6.07) is 20.8. The molecule has 0 aliphatic heterocycles. The normalized spacial score (nSPS) is 10.8. The average molecular weight is 540 g/mol. The van der Waals surface area contributed by atoms with Gasteiger partial charge in [0.15, 0.2) is 0 Å². The zero-order chi connectivity index (χ0) is 24.5. The Morgan fingerprint density at radius 3 is 2.53 bits per heavy atom. The quantitative estimate of drug-likeness (QED) is 0.203. The number of carbonyl (C=O) groups excluding carboxylic acids is 2. The van der Waals surface area contributed by atoms with Crippen LogP contribution in [0.25, 0.3) is 6.08 Å². The largest absolute Gasteiger partial charge is 0.488 e. The minimum atomic E-state index is -0.594. The van der Waals surface area contributed by atoms with E-state index < -0.39 is 11.9 Å². The molecule has 0 aliphatic carbocycles. The number of anilines is 1. The van der Waals surface area contributed by atoms with Gasteiger partial charge in [0, 0.05) is 26.3 Å². The number of ether oxygens (including phenoxy) is 2. The first-order valence-electron chi connectivity index (χ1n) is 10.3. The van der Waals surface area contributed by atoms with Crippen molar-refractivity contribution in [1.29, 1.82) is 5.26 Å². The van der Waals surface area contributed by atoms with Gasteiger partial charge in [-0.3, -0.25) is 4.79 Å². The van der Waals surface area contributed by atoms with E-state index in [0.717, 1.165) is 10.0 Å². The number of benzene rings is 3. The number of nitrogens with zero attached hydrogens (tertiary/aromatic N) is 1. The average Bonchev–Trinajstić information content (AvgIpc) is 2.83. The fraction of sp³-hybridized carbons (Fsp3) is 0.115. The second-order valence-corrected chi connectivity index (χ2v) is 8.31. The summed E-state index contributed by atoms with van der Waals surface area (Å²) < 4.78 is 11.6. The molecule has 172 valence electrons. The van der Waals surface area contributed by atoms with Crippen LogP contribution < -0.4 is 10.1 Å². The third-order valence-corrected chi connectivity index (χ3v) is 5.49. The predicted molar refractivity (Wildman–Crippen MR) is 135 cm³/mol. The summed E-state index contributed by atoms with van der Waals surface area (Å²) in [6.07, 6.45) is 1.45. The molecule has 0 spiro atoms. The first-order chi connectivity index (χ1) is 16.4. The van der Waals surface area contributed by atoms with Crippen LogP contribution in [0.5, 0.6) is 5.75 Å². The monoisotopic (exact) mass is 538 g/mol. The van der Waals surface area contributed by atoms with Gasteiger partial charge in [-0.2, -0.15) is 5.26 Å². The number of rotatable bonds is 8. The molecule has 0 bridgehead atoms. The minimum absolute atomic E-state index is 0.116. The lowest BCUT2D eigenvalue weighted by Crippen LogP contribution is -2.14. The molecule has 0 saturated heterocycles. The molecule has 1 amide bonds. The summed E-state index contributed by atoms with van der Waals surface area (Å²) in [5.74, 6) is -0.553. The lowest BCUT2D eigenvalue weighted by Gasteiger charge is -2.11. The molecule has 1 N–H and O–H groups in total. The SMILES string of the molecule is CCOC(=O)c1ccc(NC(=O)/C(C#N)=C/c2cc(Br)ccc2OCc2ccccc2Cl)cc1. The summed E-state index contributed by atoms with van der Waals surface area (Å²) in [5.41, 5.74) is 2.04. The summed E-state index contributed by atoms with van der Waals surface area (Å²) >= 11 is 9.61. The number of hydrogen-bond donors (Lipinski definition) is 1. The zero-order valence-electron chi connectivity index (χ0n) is 18.2. The Hall–Kier alpha value is -3.60. The van der Waals surface area contributed by atoms with Gasteiger partial charge in [0.1, 0.15) is 24.0 Å². The van der Waals surface area contributed by atoms with Crippen molar-refractivity contribution >= 4 is 51.2 Å². The topological polar surface area (TPSA) is 88.4 Å². The van der Waals surface area contributed by atoms with Crippen LogP contribution in [0.2, 0.25) is 5.02 Å². The highest BCUT2D eigenvalue weighted by atomic mass is 79.9. The van der Waals surface area contributed by atoms with Crippen LogP contribution in [0.1, 0.15) is 28.4 Å². The fourth-order valence-corrected chi connectivity index (χ4v) is 3.51. The van der Waals surface area contributed by atoms with E-state index in [1.165, 1.54) is 6.08 Å². The molecule has 8 heteroatoms. The number of esters is 1. The molecule has 0 aromatic heterocycles. The number of amides is 1. The number of hydrogen-bond acceptors (Lipinski definition) is 5. The molecule has 0 heterocycles. The van der Waals surface area contributed by atoms with Crippen LogP contribution in [0, 0.1) is 11.3 Å². The Morgan fingerprint density at radius 1 is 1.12 bits per heavy atom. The van der Waals surface area contributed by atoms with Crippen LogP contribution in [0.4, 0.5) is 5.69 Å². The van der Waals surface area contributed by atoms with Crippen molar-refractivity contribution in [3.05, 3.63) is 98.5 Å². The van der Waals surface area contributed by atoms with Crippen LogP contribution in [-0.4, -0.2) is 18.5 Å². The molecule has 0 saturated carbocycles. The smallest absolute Gasteiger partial charge is 0.338 e. The third-order valence-electron chi connectivity index (χ3n) is 4.63. The molecule has 3 aromatic rings. The first-order valence-corrected chi connectivity index (χ1v) is 11.4. The molecule has 0 radical (unpaired) electrons. The molecule has 0 unspecified atom stereocenters. The van der Waals surface area contributed by atoms with Gasteiger partial charge < -0.3 is 14.8 Å². The number of halogens is 2. The van der Waals surface area contributed by atoms with Crippen molar-refractivity contribution in [2.75, 3.05) is 11.9 Å². The van der Waals surface area contributed by atoms with Crippen molar-refractivity contribution in [3.8, 4) is 11.8 Å². The summed E-state index contributed by atoms with van der Waals surface area (Å²) in [4.78, 5) is 24.5. The Morgan fingerprint density at radius 2 is 1.85 bits per heavy atom. The molecule has 0 fully saturated rings. The van der Waals surface area contributed by atoms with E-state index in [-0.39, 0.29) is 18.8 Å². The molecular weight excluding hydrogens is 520 g/mol. The molecule has 3 rings (SSSR count). The number of carbonyl (C=O) groups is 2. The van der Waals surface area contributed by atoms with Crippen molar-refractivity contribution in [2.24, 2.45) is 0 Å². The highest BCUT2D eigenvalue weighted by Gasteiger charge is 2.13. The Kier molecular flexibility index (Phi) is 8.86. The molecular formula is C26H20BrClN2O4. The number of nitriles is 1. The second-order valence-electron chi connectivity index (χ2n) is 6.98. The van der Waals surface area contributed by atoms with Gasteiger partial charge in [-0.05, 0) is 61.5 Å². The lowest BCUT2D eigenvalue weighted by molar-refractivity contribution is -0.112. The van der Waals surface area contributed by atoms with E-state index in [4.69, 9.17) is 21.1 Å². The standard InChI is InChI=1S/C26H20BrClN2O4/c1-2-33-26(32)17-7-10-22(11-8-17)30-25(31)20(15-29)13-19-14-21(27)9-12-24(19)34-16-18-5-3-4-6-23(18)28/h3-14H,2,16H2,1H3,(H,30,31)/b20-13+. The maximum Gasteiger partial charge on any atom is 0.338 e. The van der Waals surface area contributed by atoms with E-state index >= 15 is 0 Å².